The number of carbonyl (C=O) groups excluding carboxylic acids is 2. The van der Waals surface area contributed by atoms with Crippen molar-refractivity contribution in [3.8, 4) is 16.9 Å². The van der Waals surface area contributed by atoms with E-state index in [1.165, 1.54) is 0 Å². The van der Waals surface area contributed by atoms with Gasteiger partial charge >= 0.3 is 0 Å². The SMILES string of the molecule is CC(C)CN(CC(=O)Nc1cc(-c2ccccc2)nn1-c1ccccc1)C(=O)c1ccc(C(C)(C)C)cc1. The summed E-state index contributed by atoms with van der Waals surface area (Å²) in [7, 11) is 0. The first-order valence-corrected chi connectivity index (χ1v) is 13.0. The molecule has 38 heavy (non-hydrogen) atoms. The lowest BCUT2D eigenvalue weighted by molar-refractivity contribution is -0.117. The molecular weight excluding hydrogens is 472 g/mol. The first-order valence-electron chi connectivity index (χ1n) is 13.0. The van der Waals surface area contributed by atoms with Crippen molar-refractivity contribution in [3.05, 3.63) is 102 Å². The van der Waals surface area contributed by atoms with E-state index < -0.39 is 0 Å². The molecule has 0 aliphatic rings. The lowest BCUT2D eigenvalue weighted by Crippen LogP contribution is -2.40. The van der Waals surface area contributed by atoms with E-state index in [0.717, 1.165) is 22.5 Å². The minimum Gasteiger partial charge on any atom is -0.329 e. The van der Waals surface area contributed by atoms with E-state index in [-0.39, 0.29) is 29.7 Å². The minimum atomic E-state index is -0.276. The fourth-order valence-electron chi connectivity index (χ4n) is 4.30. The Bertz CT molecular complexity index is 1370. The number of benzene rings is 3. The summed E-state index contributed by atoms with van der Waals surface area (Å²) >= 11 is 0. The second kappa shape index (κ2) is 11.5. The quantitative estimate of drug-likeness (QED) is 0.293. The van der Waals surface area contributed by atoms with Crippen LogP contribution in [0, 0.1) is 5.92 Å². The number of anilines is 1. The molecule has 0 fully saturated rings. The van der Waals surface area contributed by atoms with Crippen molar-refractivity contribution in [1.29, 1.82) is 0 Å². The molecule has 4 rings (SSSR count). The predicted molar refractivity (Wildman–Crippen MR) is 154 cm³/mol. The number of amides is 2. The summed E-state index contributed by atoms with van der Waals surface area (Å²) in [6, 6.07) is 29.1. The Hall–Kier alpha value is -4.19. The first-order chi connectivity index (χ1) is 18.1. The van der Waals surface area contributed by atoms with Gasteiger partial charge in [0.1, 0.15) is 12.4 Å². The van der Waals surface area contributed by atoms with E-state index in [1.807, 2.05) is 105 Å². The molecule has 0 atom stereocenters. The standard InChI is InChI=1S/C32H36N4O2/c1-23(2)21-35(31(38)25-16-18-26(19-17-25)32(3,4)5)22-30(37)33-29-20-28(24-12-8-6-9-13-24)34-36(29)27-14-10-7-11-15-27/h6-20,23H,21-22H2,1-5H3,(H,33,37). The molecule has 6 heteroatoms. The number of hydrogen-bond acceptors (Lipinski definition) is 3. The summed E-state index contributed by atoms with van der Waals surface area (Å²) in [5, 5.41) is 7.77. The topological polar surface area (TPSA) is 67.2 Å². The van der Waals surface area contributed by atoms with Crippen LogP contribution in [0.25, 0.3) is 16.9 Å². The van der Waals surface area contributed by atoms with Crippen molar-refractivity contribution in [3.63, 3.8) is 0 Å². The van der Waals surface area contributed by atoms with Gasteiger partial charge in [-0.05, 0) is 41.2 Å². The minimum absolute atomic E-state index is 0.000605. The zero-order chi connectivity index (χ0) is 27.3. The third-order valence-electron chi connectivity index (χ3n) is 6.25. The molecule has 0 spiro atoms. The number of hydrogen-bond donors (Lipinski definition) is 1. The van der Waals surface area contributed by atoms with E-state index in [4.69, 9.17) is 5.10 Å². The second-order valence-electron chi connectivity index (χ2n) is 11.0. The highest BCUT2D eigenvalue weighted by molar-refractivity contribution is 5.99. The Balaban J connectivity index is 1.57. The van der Waals surface area contributed by atoms with Crippen LogP contribution in [0.2, 0.25) is 0 Å². The molecule has 0 aliphatic carbocycles. The average Bonchev–Trinajstić information content (AvgIpc) is 3.32. The predicted octanol–water partition coefficient (Wildman–Crippen LogP) is 6.57. The summed E-state index contributed by atoms with van der Waals surface area (Å²) in [5.41, 5.74) is 4.27. The van der Waals surface area contributed by atoms with Crippen molar-refractivity contribution in [2.24, 2.45) is 5.92 Å². The molecule has 0 unspecified atom stereocenters. The van der Waals surface area contributed by atoms with Gasteiger partial charge in [-0.1, -0.05) is 95.3 Å². The van der Waals surface area contributed by atoms with E-state index >= 15 is 0 Å². The number of para-hydroxylation sites is 1. The van der Waals surface area contributed by atoms with Gasteiger partial charge in [-0.2, -0.15) is 5.10 Å². The van der Waals surface area contributed by atoms with Crippen LogP contribution in [0.3, 0.4) is 0 Å². The van der Waals surface area contributed by atoms with Gasteiger partial charge in [0.25, 0.3) is 5.91 Å². The first kappa shape index (κ1) is 26.9. The second-order valence-corrected chi connectivity index (χ2v) is 11.0. The van der Waals surface area contributed by atoms with Crippen LogP contribution in [0.1, 0.15) is 50.5 Å². The molecule has 2 amide bonds. The molecule has 1 heterocycles. The van der Waals surface area contributed by atoms with Gasteiger partial charge in [0.2, 0.25) is 5.91 Å². The Labute approximate surface area is 225 Å². The molecule has 3 aromatic carbocycles. The average molecular weight is 509 g/mol. The highest BCUT2D eigenvalue weighted by Crippen LogP contribution is 2.25. The zero-order valence-corrected chi connectivity index (χ0v) is 22.8. The maximum Gasteiger partial charge on any atom is 0.254 e. The molecule has 0 aliphatic heterocycles. The third-order valence-corrected chi connectivity index (χ3v) is 6.25. The summed E-state index contributed by atoms with van der Waals surface area (Å²) < 4.78 is 1.72. The van der Waals surface area contributed by atoms with Crippen LogP contribution in [-0.4, -0.2) is 39.6 Å². The van der Waals surface area contributed by atoms with Crippen molar-refractivity contribution < 1.29 is 9.59 Å². The fourth-order valence-corrected chi connectivity index (χ4v) is 4.30. The molecule has 4 aromatic rings. The van der Waals surface area contributed by atoms with Gasteiger partial charge in [-0.25, -0.2) is 4.68 Å². The normalized spacial score (nSPS) is 11.4. The summed E-state index contributed by atoms with van der Waals surface area (Å²) in [6.07, 6.45) is 0. The molecular formula is C32H36N4O2. The highest BCUT2D eigenvalue weighted by Gasteiger charge is 2.22. The smallest absolute Gasteiger partial charge is 0.254 e. The largest absolute Gasteiger partial charge is 0.329 e. The van der Waals surface area contributed by atoms with Crippen LogP contribution in [0.5, 0.6) is 0 Å². The van der Waals surface area contributed by atoms with Gasteiger partial charge < -0.3 is 10.2 Å². The van der Waals surface area contributed by atoms with E-state index in [2.05, 4.69) is 26.1 Å². The maximum absolute atomic E-state index is 13.4. The van der Waals surface area contributed by atoms with E-state index in [9.17, 15) is 9.59 Å². The number of nitrogens with zero attached hydrogens (tertiary/aromatic N) is 3. The van der Waals surface area contributed by atoms with E-state index in [1.54, 1.807) is 9.58 Å². The zero-order valence-electron chi connectivity index (χ0n) is 22.8. The van der Waals surface area contributed by atoms with Crippen molar-refractivity contribution in [1.82, 2.24) is 14.7 Å². The summed E-state index contributed by atoms with van der Waals surface area (Å²) in [5.74, 6) is 0.324. The van der Waals surface area contributed by atoms with Crippen molar-refractivity contribution in [2.45, 2.75) is 40.0 Å². The molecule has 1 aromatic heterocycles. The van der Waals surface area contributed by atoms with Crippen LogP contribution in [0.4, 0.5) is 5.82 Å². The van der Waals surface area contributed by atoms with Crippen LogP contribution < -0.4 is 5.32 Å². The number of rotatable bonds is 8. The molecule has 6 nitrogen and oxygen atoms in total. The number of carbonyl (C=O) groups is 2. The molecule has 0 saturated carbocycles. The van der Waals surface area contributed by atoms with Crippen LogP contribution in [0.15, 0.2) is 91.0 Å². The fraction of sp³-hybridized carbons (Fsp3) is 0.281. The van der Waals surface area contributed by atoms with Crippen molar-refractivity contribution in [2.75, 3.05) is 18.4 Å². The Morgan fingerprint density at radius 2 is 1.50 bits per heavy atom. The highest BCUT2D eigenvalue weighted by atomic mass is 16.2. The lowest BCUT2D eigenvalue weighted by atomic mass is 9.86. The van der Waals surface area contributed by atoms with Crippen LogP contribution in [-0.2, 0) is 10.2 Å². The van der Waals surface area contributed by atoms with Crippen molar-refractivity contribution >= 4 is 17.6 Å². The summed E-state index contributed by atoms with van der Waals surface area (Å²) in [4.78, 5) is 28.4. The van der Waals surface area contributed by atoms with Gasteiger partial charge in [-0.3, -0.25) is 9.59 Å². The van der Waals surface area contributed by atoms with Gasteiger partial charge in [-0.15, -0.1) is 0 Å². The molecule has 196 valence electrons. The maximum atomic E-state index is 13.4. The Kier molecular flexibility index (Phi) is 8.10. The molecule has 0 saturated heterocycles. The number of nitrogens with one attached hydrogen (secondary N) is 1. The monoisotopic (exact) mass is 508 g/mol. The van der Waals surface area contributed by atoms with Gasteiger partial charge in [0.15, 0.2) is 0 Å². The van der Waals surface area contributed by atoms with Gasteiger partial charge in [0, 0.05) is 23.7 Å². The molecule has 1 N–H and O–H groups in total. The lowest BCUT2D eigenvalue weighted by Gasteiger charge is -2.25. The Morgan fingerprint density at radius 1 is 0.895 bits per heavy atom. The third kappa shape index (κ3) is 6.57. The summed E-state index contributed by atoms with van der Waals surface area (Å²) in [6.45, 7) is 10.9. The molecule has 0 radical (unpaired) electrons. The Morgan fingerprint density at radius 3 is 2.08 bits per heavy atom. The van der Waals surface area contributed by atoms with E-state index in [0.29, 0.717) is 17.9 Å². The van der Waals surface area contributed by atoms with Crippen LogP contribution >= 0.6 is 0 Å². The molecule has 0 bridgehead atoms. The van der Waals surface area contributed by atoms with Gasteiger partial charge in [0.05, 0.1) is 11.4 Å². The number of aromatic nitrogens is 2.